The molecular formula is C16H11F2NO2. The number of ketones is 1. The minimum Gasteiger partial charge on any atom is -0.481 e. The number of benzene rings is 2. The third kappa shape index (κ3) is 3.23. The molecular weight excluding hydrogens is 276 g/mol. The van der Waals surface area contributed by atoms with Crippen LogP contribution < -0.4 is 4.74 Å². The maximum atomic E-state index is 13.6. The van der Waals surface area contributed by atoms with Crippen LogP contribution in [0.15, 0.2) is 42.5 Å². The highest BCUT2D eigenvalue weighted by Gasteiger charge is 2.21. The van der Waals surface area contributed by atoms with Gasteiger partial charge in [-0.2, -0.15) is 5.26 Å². The zero-order valence-electron chi connectivity index (χ0n) is 11.1. The molecule has 1 unspecified atom stereocenters. The molecule has 5 heteroatoms. The van der Waals surface area contributed by atoms with Gasteiger partial charge >= 0.3 is 0 Å². The van der Waals surface area contributed by atoms with Gasteiger partial charge in [-0.1, -0.05) is 12.1 Å². The second-order valence-corrected chi connectivity index (χ2v) is 4.36. The van der Waals surface area contributed by atoms with Gasteiger partial charge in [0.15, 0.2) is 6.10 Å². The van der Waals surface area contributed by atoms with Crippen molar-refractivity contribution in [2.24, 2.45) is 0 Å². The van der Waals surface area contributed by atoms with Crippen LogP contribution in [-0.4, -0.2) is 11.9 Å². The molecule has 0 saturated heterocycles. The number of ether oxygens (including phenoxy) is 1. The molecule has 0 spiro atoms. The lowest BCUT2D eigenvalue weighted by Gasteiger charge is -2.15. The number of hydrogen-bond acceptors (Lipinski definition) is 3. The molecule has 0 amide bonds. The third-order valence-electron chi connectivity index (χ3n) is 2.88. The van der Waals surface area contributed by atoms with Gasteiger partial charge in [0.1, 0.15) is 23.5 Å². The van der Waals surface area contributed by atoms with Crippen LogP contribution in [0.4, 0.5) is 8.78 Å². The van der Waals surface area contributed by atoms with Crippen LogP contribution in [-0.2, 0) is 0 Å². The summed E-state index contributed by atoms with van der Waals surface area (Å²) in [6.45, 7) is 1.44. The van der Waals surface area contributed by atoms with E-state index in [0.29, 0.717) is 6.07 Å². The van der Waals surface area contributed by atoms with E-state index in [2.05, 4.69) is 0 Å². The Kier molecular flexibility index (Phi) is 4.29. The lowest BCUT2D eigenvalue weighted by atomic mass is 10.1. The van der Waals surface area contributed by atoms with Crippen LogP contribution in [0.2, 0.25) is 0 Å². The molecule has 0 aliphatic rings. The number of hydrogen-bond donors (Lipinski definition) is 0. The van der Waals surface area contributed by atoms with Crippen molar-refractivity contribution in [1.82, 2.24) is 0 Å². The Bertz CT molecular complexity index is 722. The van der Waals surface area contributed by atoms with Crippen LogP contribution in [0.25, 0.3) is 0 Å². The Labute approximate surface area is 120 Å². The summed E-state index contributed by atoms with van der Waals surface area (Å²) in [6.07, 6.45) is -1.00. The Morgan fingerprint density at radius 3 is 2.62 bits per heavy atom. The van der Waals surface area contributed by atoms with E-state index < -0.39 is 23.5 Å². The van der Waals surface area contributed by atoms with Gasteiger partial charge in [0.05, 0.1) is 11.1 Å². The molecule has 1 atom stereocenters. The van der Waals surface area contributed by atoms with Gasteiger partial charge in [-0.15, -0.1) is 0 Å². The van der Waals surface area contributed by atoms with Crippen molar-refractivity contribution in [3.8, 4) is 11.8 Å². The molecule has 0 aliphatic carbocycles. The largest absolute Gasteiger partial charge is 0.481 e. The molecule has 0 heterocycles. The number of carbonyl (C=O) groups is 1. The average molecular weight is 287 g/mol. The van der Waals surface area contributed by atoms with E-state index in [4.69, 9.17) is 10.00 Å². The third-order valence-corrected chi connectivity index (χ3v) is 2.88. The number of nitriles is 1. The first kappa shape index (κ1) is 14.7. The molecule has 0 bridgehead atoms. The van der Waals surface area contributed by atoms with E-state index in [0.717, 1.165) is 12.1 Å². The van der Waals surface area contributed by atoms with Crippen LogP contribution in [0.5, 0.6) is 5.75 Å². The van der Waals surface area contributed by atoms with Gasteiger partial charge in [-0.25, -0.2) is 8.78 Å². The number of rotatable bonds is 4. The summed E-state index contributed by atoms with van der Waals surface area (Å²) < 4.78 is 31.8. The normalized spacial score (nSPS) is 11.5. The fourth-order valence-corrected chi connectivity index (χ4v) is 1.81. The second-order valence-electron chi connectivity index (χ2n) is 4.36. The predicted molar refractivity (Wildman–Crippen MR) is 71.9 cm³/mol. The topological polar surface area (TPSA) is 50.1 Å². The van der Waals surface area contributed by atoms with Crippen molar-refractivity contribution in [2.45, 2.75) is 13.0 Å². The molecule has 0 radical (unpaired) electrons. The summed E-state index contributed by atoms with van der Waals surface area (Å²) in [5.41, 5.74) is 0.0232. The van der Waals surface area contributed by atoms with Crippen LogP contribution in [0.3, 0.4) is 0 Å². The van der Waals surface area contributed by atoms with Crippen molar-refractivity contribution in [3.05, 3.63) is 65.2 Å². The van der Waals surface area contributed by atoms with Crippen LogP contribution >= 0.6 is 0 Å². The molecule has 2 aromatic carbocycles. The average Bonchev–Trinajstić information content (AvgIpc) is 2.47. The smallest absolute Gasteiger partial charge is 0.205 e. The number of carbonyl (C=O) groups excluding carboxylic acids is 1. The molecule has 2 rings (SSSR count). The number of Topliss-reactive ketones (excluding diaryl/α,β-unsaturated/α-hetero) is 1. The van der Waals surface area contributed by atoms with E-state index >= 15 is 0 Å². The van der Waals surface area contributed by atoms with E-state index in [1.54, 1.807) is 24.3 Å². The van der Waals surface area contributed by atoms with E-state index in [-0.39, 0.29) is 16.9 Å². The van der Waals surface area contributed by atoms with E-state index in [9.17, 15) is 13.6 Å². The minimum absolute atomic E-state index is 0.239. The summed E-state index contributed by atoms with van der Waals surface area (Å²) in [5.74, 6) is -2.08. The fraction of sp³-hybridized carbons (Fsp3) is 0.125. The van der Waals surface area contributed by atoms with Gasteiger partial charge in [0, 0.05) is 6.07 Å². The number of nitrogens with zero attached hydrogens (tertiary/aromatic N) is 1. The molecule has 0 fully saturated rings. The van der Waals surface area contributed by atoms with Crippen molar-refractivity contribution >= 4 is 5.78 Å². The van der Waals surface area contributed by atoms with Gasteiger partial charge in [0.2, 0.25) is 5.78 Å². The zero-order valence-corrected chi connectivity index (χ0v) is 11.1. The summed E-state index contributed by atoms with van der Waals surface area (Å²) in [5, 5.41) is 8.95. The monoisotopic (exact) mass is 287 g/mol. The Morgan fingerprint density at radius 1 is 1.24 bits per heavy atom. The van der Waals surface area contributed by atoms with Crippen molar-refractivity contribution in [2.75, 3.05) is 0 Å². The van der Waals surface area contributed by atoms with Crippen molar-refractivity contribution in [1.29, 1.82) is 5.26 Å². The molecule has 106 valence electrons. The van der Waals surface area contributed by atoms with Gasteiger partial charge in [-0.05, 0) is 31.2 Å². The van der Waals surface area contributed by atoms with Gasteiger partial charge < -0.3 is 4.74 Å². The molecule has 21 heavy (non-hydrogen) atoms. The molecule has 0 aromatic heterocycles. The summed E-state index contributed by atoms with van der Waals surface area (Å²) in [6, 6.07) is 11.1. The van der Waals surface area contributed by atoms with Crippen molar-refractivity contribution < 1.29 is 18.3 Å². The molecule has 0 aliphatic heterocycles. The highest BCUT2D eigenvalue weighted by atomic mass is 19.1. The summed E-state index contributed by atoms with van der Waals surface area (Å²) in [4.78, 5) is 12.1. The van der Waals surface area contributed by atoms with Gasteiger partial charge in [0.25, 0.3) is 0 Å². The lowest BCUT2D eigenvalue weighted by molar-refractivity contribution is 0.0813. The second kappa shape index (κ2) is 6.14. The Hall–Kier alpha value is -2.74. The molecule has 0 N–H and O–H groups in total. The maximum Gasteiger partial charge on any atom is 0.205 e. The van der Waals surface area contributed by atoms with Crippen molar-refractivity contribution in [3.63, 3.8) is 0 Å². The first-order valence-corrected chi connectivity index (χ1v) is 6.18. The van der Waals surface area contributed by atoms with Crippen LogP contribution in [0.1, 0.15) is 22.8 Å². The molecule has 2 aromatic rings. The highest BCUT2D eigenvalue weighted by Crippen LogP contribution is 2.20. The summed E-state index contributed by atoms with van der Waals surface area (Å²) in [7, 11) is 0. The Balaban J connectivity index is 2.22. The summed E-state index contributed by atoms with van der Waals surface area (Å²) >= 11 is 0. The maximum absolute atomic E-state index is 13.6. The molecule has 3 nitrogen and oxygen atoms in total. The number of halogens is 2. The van der Waals surface area contributed by atoms with E-state index in [1.165, 1.54) is 6.92 Å². The predicted octanol–water partition coefficient (Wildman–Crippen LogP) is 3.49. The van der Waals surface area contributed by atoms with Crippen LogP contribution in [0, 0.1) is 23.0 Å². The fourth-order valence-electron chi connectivity index (χ4n) is 1.81. The lowest BCUT2D eigenvalue weighted by Crippen LogP contribution is -2.25. The number of para-hydroxylation sites is 1. The standard InChI is InChI=1S/C16H11F2NO2/c1-10(21-15-5-3-2-4-11(15)9-19)16(20)13-7-6-12(17)8-14(13)18/h2-8,10H,1H3. The SMILES string of the molecule is CC(Oc1ccccc1C#N)C(=O)c1ccc(F)cc1F. The minimum atomic E-state index is -1.00. The first-order chi connectivity index (χ1) is 10.0. The van der Waals surface area contributed by atoms with E-state index in [1.807, 2.05) is 6.07 Å². The molecule has 0 saturated carbocycles. The highest BCUT2D eigenvalue weighted by molar-refractivity contribution is 5.99. The van der Waals surface area contributed by atoms with Gasteiger partial charge in [-0.3, -0.25) is 4.79 Å². The first-order valence-electron chi connectivity index (χ1n) is 6.18. The quantitative estimate of drug-likeness (QED) is 0.809. The zero-order chi connectivity index (χ0) is 15.4. The Morgan fingerprint density at radius 2 is 1.95 bits per heavy atom.